The quantitative estimate of drug-likeness (QED) is 0.755. The average molecular weight is 363 g/mol. The van der Waals surface area contributed by atoms with Crippen LogP contribution in [-0.2, 0) is 6.54 Å². The molecule has 1 aliphatic rings. The zero-order valence-electron chi connectivity index (χ0n) is 14.9. The number of nitrogens with zero attached hydrogens (tertiary/aromatic N) is 2. The fraction of sp³-hybridized carbons (Fsp3) is 0.238. The summed E-state index contributed by atoms with van der Waals surface area (Å²) < 4.78 is 7.19. The molecular formula is C21H21N3O3. The van der Waals surface area contributed by atoms with Gasteiger partial charge in [0.05, 0.1) is 17.9 Å². The Morgan fingerprint density at radius 2 is 1.78 bits per heavy atom. The van der Waals surface area contributed by atoms with E-state index in [0.29, 0.717) is 5.76 Å². The van der Waals surface area contributed by atoms with Gasteiger partial charge in [0.15, 0.2) is 5.76 Å². The number of rotatable bonds is 5. The molecule has 1 fully saturated rings. The second-order valence-electron chi connectivity index (χ2n) is 6.60. The number of hydrogen-bond donors (Lipinski definition) is 1. The van der Waals surface area contributed by atoms with E-state index in [-0.39, 0.29) is 23.8 Å². The number of carbonyl (C=O) groups is 1. The van der Waals surface area contributed by atoms with Gasteiger partial charge in [0.1, 0.15) is 5.76 Å². The smallest absolute Gasteiger partial charge is 0.291 e. The first-order chi connectivity index (χ1) is 13.2. The molecule has 4 rings (SSSR count). The van der Waals surface area contributed by atoms with Gasteiger partial charge in [0.2, 0.25) is 0 Å². The molecule has 138 valence electrons. The summed E-state index contributed by atoms with van der Waals surface area (Å²) >= 11 is 0. The van der Waals surface area contributed by atoms with Crippen molar-refractivity contribution in [1.82, 2.24) is 4.57 Å². The van der Waals surface area contributed by atoms with Gasteiger partial charge in [-0.25, -0.2) is 0 Å². The van der Waals surface area contributed by atoms with Crippen molar-refractivity contribution in [3.63, 3.8) is 0 Å². The third-order valence-corrected chi connectivity index (χ3v) is 4.71. The molecule has 6 heteroatoms. The lowest BCUT2D eigenvalue weighted by molar-refractivity contribution is 0.0995. The molecule has 0 radical (unpaired) electrons. The topological polar surface area (TPSA) is 67.5 Å². The molecule has 3 aromatic rings. The summed E-state index contributed by atoms with van der Waals surface area (Å²) in [6.45, 7) is 2.30. The lowest BCUT2D eigenvalue weighted by atomic mass is 10.2. The summed E-state index contributed by atoms with van der Waals surface area (Å²) in [6.07, 6.45) is 4.03. The van der Waals surface area contributed by atoms with Crippen LogP contribution in [0.5, 0.6) is 0 Å². The van der Waals surface area contributed by atoms with E-state index in [1.807, 2.05) is 24.3 Å². The Balaban J connectivity index is 1.49. The predicted octanol–water partition coefficient (Wildman–Crippen LogP) is 3.34. The van der Waals surface area contributed by atoms with Gasteiger partial charge in [-0.15, -0.1) is 0 Å². The van der Waals surface area contributed by atoms with Crippen molar-refractivity contribution in [1.29, 1.82) is 0 Å². The molecule has 0 bridgehead atoms. The Hall–Kier alpha value is -3.28. The number of benzene rings is 1. The van der Waals surface area contributed by atoms with E-state index in [0.717, 1.165) is 24.5 Å². The first-order valence-corrected chi connectivity index (χ1v) is 9.10. The van der Waals surface area contributed by atoms with Gasteiger partial charge in [0, 0.05) is 25.4 Å². The lowest BCUT2D eigenvalue weighted by Gasteiger charge is -2.21. The summed E-state index contributed by atoms with van der Waals surface area (Å²) in [6, 6.07) is 16.1. The van der Waals surface area contributed by atoms with E-state index >= 15 is 0 Å². The summed E-state index contributed by atoms with van der Waals surface area (Å²) in [5.74, 6) is 0.486. The Morgan fingerprint density at radius 1 is 1.00 bits per heavy atom. The number of nitrogens with one attached hydrogen (secondary N) is 1. The molecule has 0 atom stereocenters. The monoisotopic (exact) mass is 363 g/mol. The largest absolute Gasteiger partial charge is 0.454 e. The Bertz CT molecular complexity index is 999. The molecule has 3 heterocycles. The van der Waals surface area contributed by atoms with E-state index < -0.39 is 0 Å². The molecule has 27 heavy (non-hydrogen) atoms. The molecule has 1 saturated heterocycles. The number of anilines is 2. The standard InChI is InChI=1S/C21H21N3O3/c25-20-9-3-4-14-24(20)15-16-10-11-19(27-16)21(26)22-17-7-1-2-8-18(17)23-12-5-6-13-23/h1-4,7-11,14H,5-6,12-13,15H2,(H,22,26). The van der Waals surface area contributed by atoms with E-state index in [4.69, 9.17) is 4.42 Å². The number of aromatic nitrogens is 1. The third-order valence-electron chi connectivity index (χ3n) is 4.71. The van der Waals surface area contributed by atoms with Crippen molar-refractivity contribution in [2.24, 2.45) is 0 Å². The van der Waals surface area contributed by atoms with Gasteiger partial charge in [0.25, 0.3) is 11.5 Å². The van der Waals surface area contributed by atoms with Crippen LogP contribution in [0.15, 0.2) is 70.0 Å². The SMILES string of the molecule is O=C(Nc1ccccc1N1CCCC1)c1ccc(Cn2ccccc2=O)o1. The zero-order chi connectivity index (χ0) is 18.6. The van der Waals surface area contributed by atoms with Crippen molar-refractivity contribution in [2.75, 3.05) is 23.3 Å². The average Bonchev–Trinajstić information content (AvgIpc) is 3.36. The maximum absolute atomic E-state index is 12.6. The summed E-state index contributed by atoms with van der Waals surface area (Å²) in [4.78, 5) is 26.7. The second-order valence-corrected chi connectivity index (χ2v) is 6.60. The predicted molar refractivity (Wildman–Crippen MR) is 104 cm³/mol. The van der Waals surface area contributed by atoms with Crippen LogP contribution in [0, 0.1) is 0 Å². The normalized spacial score (nSPS) is 13.7. The van der Waals surface area contributed by atoms with Crippen LogP contribution >= 0.6 is 0 Å². The van der Waals surface area contributed by atoms with E-state index in [1.165, 1.54) is 23.5 Å². The fourth-order valence-corrected chi connectivity index (χ4v) is 3.34. The highest BCUT2D eigenvalue weighted by Crippen LogP contribution is 2.29. The zero-order valence-corrected chi connectivity index (χ0v) is 14.9. The van der Waals surface area contributed by atoms with Gasteiger partial charge in [-0.3, -0.25) is 9.59 Å². The van der Waals surface area contributed by atoms with Crippen molar-refractivity contribution in [3.8, 4) is 0 Å². The number of pyridine rings is 1. The van der Waals surface area contributed by atoms with Crippen molar-refractivity contribution < 1.29 is 9.21 Å². The first kappa shape index (κ1) is 17.1. The minimum Gasteiger partial charge on any atom is -0.454 e. The van der Waals surface area contributed by atoms with Gasteiger partial charge in [-0.05, 0) is 43.2 Å². The molecule has 1 aromatic carbocycles. The van der Waals surface area contributed by atoms with Gasteiger partial charge < -0.3 is 19.2 Å². The molecule has 0 aliphatic carbocycles. The number of furan rings is 1. The third kappa shape index (κ3) is 3.79. The molecule has 6 nitrogen and oxygen atoms in total. The summed E-state index contributed by atoms with van der Waals surface area (Å²) in [5, 5.41) is 2.95. The van der Waals surface area contributed by atoms with Crippen LogP contribution in [0.4, 0.5) is 11.4 Å². The van der Waals surface area contributed by atoms with E-state index in [9.17, 15) is 9.59 Å². The maximum atomic E-state index is 12.6. The highest BCUT2D eigenvalue weighted by molar-refractivity contribution is 6.04. The van der Waals surface area contributed by atoms with E-state index in [1.54, 1.807) is 30.5 Å². The number of para-hydroxylation sites is 2. The Morgan fingerprint density at radius 3 is 2.59 bits per heavy atom. The minimum atomic E-state index is -0.298. The molecule has 0 spiro atoms. The number of hydrogen-bond acceptors (Lipinski definition) is 4. The van der Waals surface area contributed by atoms with Crippen molar-refractivity contribution in [3.05, 3.63) is 82.7 Å². The summed E-state index contributed by atoms with van der Waals surface area (Å²) in [7, 11) is 0. The number of amides is 1. The molecule has 2 aromatic heterocycles. The van der Waals surface area contributed by atoms with Crippen LogP contribution in [0.2, 0.25) is 0 Å². The van der Waals surface area contributed by atoms with Gasteiger partial charge in [-0.2, -0.15) is 0 Å². The van der Waals surface area contributed by atoms with Crippen LogP contribution in [-0.4, -0.2) is 23.6 Å². The Labute approximate surface area is 157 Å². The van der Waals surface area contributed by atoms with Gasteiger partial charge >= 0.3 is 0 Å². The van der Waals surface area contributed by atoms with Crippen LogP contribution < -0.4 is 15.8 Å². The van der Waals surface area contributed by atoms with Crippen molar-refractivity contribution >= 4 is 17.3 Å². The Kier molecular flexibility index (Phi) is 4.78. The van der Waals surface area contributed by atoms with Crippen molar-refractivity contribution in [2.45, 2.75) is 19.4 Å². The number of carbonyl (C=O) groups excluding carboxylic acids is 1. The summed E-state index contributed by atoms with van der Waals surface area (Å²) in [5.41, 5.74) is 1.70. The minimum absolute atomic E-state index is 0.112. The second kappa shape index (κ2) is 7.53. The van der Waals surface area contributed by atoms with Crippen LogP contribution in [0.3, 0.4) is 0 Å². The van der Waals surface area contributed by atoms with Crippen LogP contribution in [0.1, 0.15) is 29.2 Å². The fourth-order valence-electron chi connectivity index (χ4n) is 3.34. The highest BCUT2D eigenvalue weighted by atomic mass is 16.4. The lowest BCUT2D eigenvalue weighted by Crippen LogP contribution is -2.21. The highest BCUT2D eigenvalue weighted by Gasteiger charge is 2.18. The molecular weight excluding hydrogens is 342 g/mol. The molecule has 0 saturated carbocycles. The first-order valence-electron chi connectivity index (χ1n) is 9.10. The molecule has 1 aliphatic heterocycles. The molecule has 1 amide bonds. The molecule has 1 N–H and O–H groups in total. The van der Waals surface area contributed by atoms with Crippen LogP contribution in [0.25, 0.3) is 0 Å². The molecule has 0 unspecified atom stereocenters. The maximum Gasteiger partial charge on any atom is 0.291 e. The van der Waals surface area contributed by atoms with Gasteiger partial charge in [-0.1, -0.05) is 18.2 Å². The van der Waals surface area contributed by atoms with E-state index in [2.05, 4.69) is 10.2 Å².